The van der Waals surface area contributed by atoms with Crippen LogP contribution in [0.25, 0.3) is 0 Å². The molecule has 0 bridgehead atoms. The summed E-state index contributed by atoms with van der Waals surface area (Å²) in [5.41, 5.74) is 0.823. The Kier molecular flexibility index (Phi) is 5.03. The Labute approximate surface area is 128 Å². The summed E-state index contributed by atoms with van der Waals surface area (Å²) in [6.07, 6.45) is 0. The second-order valence-corrected chi connectivity index (χ2v) is 5.36. The lowest BCUT2D eigenvalue weighted by Crippen LogP contribution is -2.43. The van der Waals surface area contributed by atoms with E-state index in [1.807, 2.05) is 0 Å². The van der Waals surface area contributed by atoms with Crippen LogP contribution in [0.1, 0.15) is 10.4 Å². The van der Waals surface area contributed by atoms with Crippen LogP contribution in [-0.4, -0.2) is 62.1 Å². The SMILES string of the molecule is CN(C)C(=O)c1ccc(Cl)cc1NC(=O)N1CCOCC1. The third kappa shape index (κ3) is 3.86. The average Bonchev–Trinajstić information content (AvgIpc) is 2.47. The molecule has 6 nitrogen and oxygen atoms in total. The van der Waals surface area contributed by atoms with Crippen molar-refractivity contribution < 1.29 is 14.3 Å². The zero-order chi connectivity index (χ0) is 15.4. The van der Waals surface area contributed by atoms with Crippen molar-refractivity contribution in [3.05, 3.63) is 28.8 Å². The maximum Gasteiger partial charge on any atom is 0.322 e. The smallest absolute Gasteiger partial charge is 0.322 e. The molecule has 1 fully saturated rings. The van der Waals surface area contributed by atoms with Gasteiger partial charge in [0.2, 0.25) is 0 Å². The molecule has 0 aliphatic carbocycles. The van der Waals surface area contributed by atoms with Crippen LogP contribution in [-0.2, 0) is 4.74 Å². The number of rotatable bonds is 2. The Hall–Kier alpha value is -1.79. The largest absolute Gasteiger partial charge is 0.378 e. The molecular formula is C14H18ClN3O3. The van der Waals surface area contributed by atoms with Crippen LogP contribution in [0, 0.1) is 0 Å². The standard InChI is InChI=1S/C14H18ClN3O3/c1-17(2)13(19)11-4-3-10(15)9-12(11)16-14(20)18-5-7-21-8-6-18/h3-4,9H,5-8H2,1-2H3,(H,16,20). The number of urea groups is 1. The number of carbonyl (C=O) groups is 2. The van der Waals surface area contributed by atoms with E-state index < -0.39 is 0 Å². The van der Waals surface area contributed by atoms with Crippen molar-refractivity contribution in [2.75, 3.05) is 45.7 Å². The number of carbonyl (C=O) groups excluding carboxylic acids is 2. The Morgan fingerprint density at radius 2 is 1.95 bits per heavy atom. The molecule has 1 aromatic rings. The van der Waals surface area contributed by atoms with Crippen LogP contribution in [0.15, 0.2) is 18.2 Å². The monoisotopic (exact) mass is 311 g/mol. The number of halogens is 1. The average molecular weight is 312 g/mol. The summed E-state index contributed by atoms with van der Waals surface area (Å²) in [7, 11) is 3.31. The first-order valence-electron chi connectivity index (χ1n) is 6.64. The van der Waals surface area contributed by atoms with Crippen molar-refractivity contribution >= 4 is 29.2 Å². The number of anilines is 1. The van der Waals surface area contributed by atoms with Gasteiger partial charge in [0.05, 0.1) is 24.5 Å². The molecule has 0 saturated carbocycles. The van der Waals surface area contributed by atoms with E-state index in [-0.39, 0.29) is 11.9 Å². The quantitative estimate of drug-likeness (QED) is 0.907. The molecule has 1 aliphatic rings. The molecule has 3 amide bonds. The maximum atomic E-state index is 12.2. The molecule has 1 aliphatic heterocycles. The zero-order valence-corrected chi connectivity index (χ0v) is 12.8. The molecule has 0 unspecified atom stereocenters. The molecule has 0 spiro atoms. The number of amides is 3. The minimum Gasteiger partial charge on any atom is -0.378 e. The first-order chi connectivity index (χ1) is 9.99. The summed E-state index contributed by atoms with van der Waals surface area (Å²) in [6.45, 7) is 2.10. The van der Waals surface area contributed by atoms with E-state index in [1.54, 1.807) is 37.2 Å². The van der Waals surface area contributed by atoms with Crippen molar-refractivity contribution in [1.29, 1.82) is 0 Å². The van der Waals surface area contributed by atoms with Gasteiger partial charge in [0.1, 0.15) is 0 Å². The number of ether oxygens (including phenoxy) is 1. The fourth-order valence-electron chi connectivity index (χ4n) is 2.01. The van der Waals surface area contributed by atoms with E-state index >= 15 is 0 Å². The number of hydrogen-bond acceptors (Lipinski definition) is 3. The number of benzene rings is 1. The van der Waals surface area contributed by atoms with Gasteiger partial charge in [0.15, 0.2) is 0 Å². The predicted molar refractivity (Wildman–Crippen MR) is 80.9 cm³/mol. The Bertz CT molecular complexity index is 542. The first-order valence-corrected chi connectivity index (χ1v) is 7.01. The van der Waals surface area contributed by atoms with Gasteiger partial charge in [0.25, 0.3) is 5.91 Å². The highest BCUT2D eigenvalue weighted by atomic mass is 35.5. The van der Waals surface area contributed by atoms with Gasteiger partial charge in [-0.1, -0.05) is 11.6 Å². The number of hydrogen-bond donors (Lipinski definition) is 1. The molecule has 1 aromatic carbocycles. The van der Waals surface area contributed by atoms with Crippen molar-refractivity contribution in [3.8, 4) is 0 Å². The van der Waals surface area contributed by atoms with Gasteiger partial charge < -0.3 is 19.9 Å². The van der Waals surface area contributed by atoms with Crippen LogP contribution in [0.3, 0.4) is 0 Å². The molecule has 2 rings (SSSR count). The molecule has 114 valence electrons. The van der Waals surface area contributed by atoms with E-state index in [1.165, 1.54) is 4.90 Å². The molecule has 0 atom stereocenters. The Balaban J connectivity index is 2.19. The van der Waals surface area contributed by atoms with Crippen molar-refractivity contribution in [3.63, 3.8) is 0 Å². The molecule has 21 heavy (non-hydrogen) atoms. The van der Waals surface area contributed by atoms with Crippen LogP contribution in [0.2, 0.25) is 5.02 Å². The molecule has 1 heterocycles. The van der Waals surface area contributed by atoms with E-state index in [0.29, 0.717) is 42.6 Å². The zero-order valence-electron chi connectivity index (χ0n) is 12.1. The van der Waals surface area contributed by atoms with E-state index in [2.05, 4.69) is 5.32 Å². The fourth-order valence-corrected chi connectivity index (χ4v) is 2.18. The highest BCUT2D eigenvalue weighted by molar-refractivity contribution is 6.31. The van der Waals surface area contributed by atoms with Gasteiger partial charge >= 0.3 is 6.03 Å². The maximum absolute atomic E-state index is 12.2. The summed E-state index contributed by atoms with van der Waals surface area (Å²) < 4.78 is 5.21. The third-order valence-electron chi connectivity index (χ3n) is 3.16. The summed E-state index contributed by atoms with van der Waals surface area (Å²) in [6, 6.07) is 4.56. The molecular weight excluding hydrogens is 294 g/mol. The summed E-state index contributed by atoms with van der Waals surface area (Å²) >= 11 is 5.96. The first kappa shape index (κ1) is 15.6. The van der Waals surface area contributed by atoms with Gasteiger partial charge in [-0.25, -0.2) is 4.79 Å². The Morgan fingerprint density at radius 3 is 2.57 bits per heavy atom. The molecule has 1 saturated heterocycles. The second-order valence-electron chi connectivity index (χ2n) is 4.92. The lowest BCUT2D eigenvalue weighted by atomic mass is 10.1. The Morgan fingerprint density at radius 1 is 1.29 bits per heavy atom. The van der Waals surface area contributed by atoms with Crippen molar-refractivity contribution in [1.82, 2.24) is 9.80 Å². The van der Waals surface area contributed by atoms with Crippen molar-refractivity contribution in [2.45, 2.75) is 0 Å². The summed E-state index contributed by atoms with van der Waals surface area (Å²) in [5.74, 6) is -0.191. The lowest BCUT2D eigenvalue weighted by molar-refractivity contribution is 0.0564. The van der Waals surface area contributed by atoms with Crippen molar-refractivity contribution in [2.24, 2.45) is 0 Å². The van der Waals surface area contributed by atoms with Gasteiger partial charge in [-0.3, -0.25) is 4.79 Å². The normalized spacial score (nSPS) is 14.7. The minimum absolute atomic E-state index is 0.191. The van der Waals surface area contributed by atoms with Gasteiger partial charge in [-0.15, -0.1) is 0 Å². The second kappa shape index (κ2) is 6.78. The van der Waals surface area contributed by atoms with Crippen LogP contribution >= 0.6 is 11.6 Å². The van der Waals surface area contributed by atoms with Gasteiger partial charge in [0, 0.05) is 32.2 Å². The summed E-state index contributed by atoms with van der Waals surface area (Å²) in [5, 5.41) is 3.22. The number of morpholine rings is 1. The summed E-state index contributed by atoms with van der Waals surface area (Å²) in [4.78, 5) is 27.4. The lowest BCUT2D eigenvalue weighted by Gasteiger charge is -2.27. The van der Waals surface area contributed by atoms with Gasteiger partial charge in [-0.05, 0) is 18.2 Å². The predicted octanol–water partition coefficient (Wildman–Crippen LogP) is 1.91. The van der Waals surface area contributed by atoms with E-state index in [4.69, 9.17) is 16.3 Å². The number of nitrogens with zero attached hydrogens (tertiary/aromatic N) is 2. The topological polar surface area (TPSA) is 61.9 Å². The highest BCUT2D eigenvalue weighted by Gasteiger charge is 2.20. The van der Waals surface area contributed by atoms with E-state index in [0.717, 1.165) is 0 Å². The minimum atomic E-state index is -0.256. The van der Waals surface area contributed by atoms with Gasteiger partial charge in [-0.2, -0.15) is 0 Å². The molecule has 0 aromatic heterocycles. The third-order valence-corrected chi connectivity index (χ3v) is 3.39. The van der Waals surface area contributed by atoms with Crippen LogP contribution in [0.4, 0.5) is 10.5 Å². The van der Waals surface area contributed by atoms with Crippen LogP contribution < -0.4 is 5.32 Å². The molecule has 0 radical (unpaired) electrons. The van der Waals surface area contributed by atoms with E-state index in [9.17, 15) is 9.59 Å². The number of nitrogens with one attached hydrogen (secondary N) is 1. The molecule has 1 N–H and O–H groups in total. The highest BCUT2D eigenvalue weighted by Crippen LogP contribution is 2.22. The fraction of sp³-hybridized carbons (Fsp3) is 0.429. The van der Waals surface area contributed by atoms with Crippen LogP contribution in [0.5, 0.6) is 0 Å². The molecule has 7 heteroatoms.